The number of nitro benzene ring substituents is 1. The van der Waals surface area contributed by atoms with E-state index >= 15 is 0 Å². The van der Waals surface area contributed by atoms with Crippen LogP contribution in [0.25, 0.3) is 0 Å². The van der Waals surface area contributed by atoms with Crippen molar-refractivity contribution < 1.29 is 23.6 Å². The lowest BCUT2D eigenvalue weighted by molar-refractivity contribution is -0.384. The van der Waals surface area contributed by atoms with Crippen molar-refractivity contribution >= 4 is 46.5 Å². The fraction of sp³-hybridized carbons (Fsp3) is 0.125. The molecule has 0 spiro atoms. The van der Waals surface area contributed by atoms with Crippen molar-refractivity contribution in [1.82, 2.24) is 0 Å². The van der Waals surface area contributed by atoms with Gasteiger partial charge in [-0.2, -0.15) is 0 Å². The molecule has 0 saturated carbocycles. The number of amides is 1. The van der Waals surface area contributed by atoms with Gasteiger partial charge in [-0.3, -0.25) is 14.9 Å². The number of hydrogen-bond acceptors (Lipinski definition) is 5. The molecular weight excluding hydrogens is 390 g/mol. The van der Waals surface area contributed by atoms with Gasteiger partial charge in [0.15, 0.2) is 6.10 Å². The zero-order valence-electron chi connectivity index (χ0n) is 13.2. The Morgan fingerprint density at radius 1 is 1.23 bits per heavy atom. The van der Waals surface area contributed by atoms with Crippen molar-refractivity contribution in [2.24, 2.45) is 0 Å². The van der Waals surface area contributed by atoms with Crippen LogP contribution in [-0.2, 0) is 9.53 Å². The van der Waals surface area contributed by atoms with Gasteiger partial charge in [0.1, 0.15) is 5.82 Å². The molecule has 1 amide bonds. The number of anilines is 1. The third-order valence-electron chi connectivity index (χ3n) is 3.22. The molecule has 0 fully saturated rings. The molecule has 136 valence electrons. The van der Waals surface area contributed by atoms with Gasteiger partial charge in [-0.25, -0.2) is 9.18 Å². The van der Waals surface area contributed by atoms with Crippen LogP contribution < -0.4 is 5.32 Å². The number of ether oxygens (including phenoxy) is 1. The fourth-order valence-corrected chi connectivity index (χ4v) is 2.23. The highest BCUT2D eigenvalue weighted by Gasteiger charge is 2.22. The predicted molar refractivity (Wildman–Crippen MR) is 93.0 cm³/mol. The van der Waals surface area contributed by atoms with E-state index in [9.17, 15) is 24.1 Å². The molecule has 0 saturated heterocycles. The molecule has 0 aliphatic rings. The summed E-state index contributed by atoms with van der Waals surface area (Å²) in [7, 11) is 0. The van der Waals surface area contributed by atoms with Gasteiger partial charge >= 0.3 is 5.97 Å². The highest BCUT2D eigenvalue weighted by atomic mass is 35.5. The average molecular weight is 401 g/mol. The van der Waals surface area contributed by atoms with Crippen LogP contribution in [0.3, 0.4) is 0 Å². The van der Waals surface area contributed by atoms with Crippen molar-refractivity contribution in [2.75, 3.05) is 5.32 Å². The number of nitrogens with one attached hydrogen (secondary N) is 1. The first-order chi connectivity index (χ1) is 12.2. The molecule has 0 bridgehead atoms. The van der Waals surface area contributed by atoms with Gasteiger partial charge in [0, 0.05) is 17.2 Å². The van der Waals surface area contributed by atoms with Crippen LogP contribution in [0.5, 0.6) is 0 Å². The summed E-state index contributed by atoms with van der Waals surface area (Å²) in [6, 6.07) is 6.80. The van der Waals surface area contributed by atoms with E-state index in [1.165, 1.54) is 25.1 Å². The second kappa shape index (κ2) is 8.11. The van der Waals surface area contributed by atoms with E-state index < -0.39 is 34.3 Å². The lowest BCUT2D eigenvalue weighted by Crippen LogP contribution is -2.30. The molecule has 26 heavy (non-hydrogen) atoms. The van der Waals surface area contributed by atoms with E-state index in [2.05, 4.69) is 5.32 Å². The summed E-state index contributed by atoms with van der Waals surface area (Å²) in [5.41, 5.74) is -0.733. The number of halogens is 3. The summed E-state index contributed by atoms with van der Waals surface area (Å²) >= 11 is 11.6. The fourth-order valence-electron chi connectivity index (χ4n) is 1.89. The molecule has 2 aromatic carbocycles. The maximum atomic E-state index is 13.7. The summed E-state index contributed by atoms with van der Waals surface area (Å²) in [5, 5.41) is 13.3. The van der Waals surface area contributed by atoms with E-state index in [0.29, 0.717) is 0 Å². The highest BCUT2D eigenvalue weighted by molar-refractivity contribution is 6.33. The third-order valence-corrected chi connectivity index (χ3v) is 3.78. The van der Waals surface area contributed by atoms with E-state index in [4.69, 9.17) is 27.9 Å². The molecule has 1 unspecified atom stereocenters. The van der Waals surface area contributed by atoms with Crippen LogP contribution in [0.15, 0.2) is 36.4 Å². The SMILES string of the molecule is CC(OC(=O)c1cc(Cl)ccc1F)C(=O)Nc1cc([N+](=O)[O-])ccc1Cl. The molecule has 7 nitrogen and oxygen atoms in total. The number of hydrogen-bond donors (Lipinski definition) is 1. The van der Waals surface area contributed by atoms with E-state index in [0.717, 1.165) is 18.2 Å². The molecule has 0 aliphatic carbocycles. The number of nitrogens with zero attached hydrogens (tertiary/aromatic N) is 1. The zero-order chi connectivity index (χ0) is 19.4. The number of non-ortho nitro benzene ring substituents is 1. The maximum absolute atomic E-state index is 13.7. The topological polar surface area (TPSA) is 98.5 Å². The first kappa shape index (κ1) is 19.6. The number of benzene rings is 2. The van der Waals surface area contributed by atoms with Crippen LogP contribution in [0, 0.1) is 15.9 Å². The van der Waals surface area contributed by atoms with Gasteiger partial charge in [0.05, 0.1) is 21.2 Å². The number of esters is 1. The Morgan fingerprint density at radius 3 is 2.58 bits per heavy atom. The second-order valence-electron chi connectivity index (χ2n) is 5.08. The highest BCUT2D eigenvalue weighted by Crippen LogP contribution is 2.27. The molecule has 0 aromatic heterocycles. The number of nitro groups is 1. The number of rotatable bonds is 5. The van der Waals surface area contributed by atoms with Crippen molar-refractivity contribution in [2.45, 2.75) is 13.0 Å². The molecule has 0 heterocycles. The first-order valence-electron chi connectivity index (χ1n) is 7.10. The summed E-state index contributed by atoms with van der Waals surface area (Å²) in [6.45, 7) is 1.25. The van der Waals surface area contributed by atoms with E-state index in [-0.39, 0.29) is 21.4 Å². The first-order valence-corrected chi connectivity index (χ1v) is 7.85. The summed E-state index contributed by atoms with van der Waals surface area (Å²) in [5.74, 6) is -2.74. The molecule has 2 aromatic rings. The minimum absolute atomic E-state index is 0.0253. The van der Waals surface area contributed by atoms with Gasteiger partial charge in [-0.1, -0.05) is 23.2 Å². The standard InChI is InChI=1S/C16H11Cl2FN2O5/c1-8(26-16(23)11-6-9(17)2-5-13(11)19)15(22)20-14-7-10(21(24)25)3-4-12(14)18/h2-8H,1H3,(H,20,22). The molecule has 10 heteroatoms. The lowest BCUT2D eigenvalue weighted by atomic mass is 10.2. The Balaban J connectivity index is 2.10. The summed E-state index contributed by atoms with van der Waals surface area (Å²) < 4.78 is 18.5. The van der Waals surface area contributed by atoms with Crippen LogP contribution in [-0.4, -0.2) is 22.9 Å². The normalized spacial score (nSPS) is 11.5. The van der Waals surface area contributed by atoms with E-state index in [1.807, 2.05) is 0 Å². The Labute approximate surface area is 156 Å². The molecule has 2 rings (SSSR count). The van der Waals surface area contributed by atoms with Crippen molar-refractivity contribution in [3.05, 3.63) is 67.9 Å². The van der Waals surface area contributed by atoms with Gasteiger partial charge in [-0.15, -0.1) is 0 Å². The minimum atomic E-state index is -1.32. The Kier molecular flexibility index (Phi) is 6.12. The van der Waals surface area contributed by atoms with Crippen LogP contribution in [0.1, 0.15) is 17.3 Å². The smallest absolute Gasteiger partial charge is 0.341 e. The Hall–Kier alpha value is -2.71. The van der Waals surface area contributed by atoms with Crippen LogP contribution in [0.4, 0.5) is 15.8 Å². The van der Waals surface area contributed by atoms with Crippen molar-refractivity contribution in [3.63, 3.8) is 0 Å². The second-order valence-corrected chi connectivity index (χ2v) is 5.93. The average Bonchev–Trinajstić information content (AvgIpc) is 2.58. The van der Waals surface area contributed by atoms with Gasteiger partial charge in [0.2, 0.25) is 0 Å². The molecular formula is C16H11Cl2FN2O5. The van der Waals surface area contributed by atoms with Gasteiger partial charge < -0.3 is 10.1 Å². The van der Waals surface area contributed by atoms with Crippen molar-refractivity contribution in [3.8, 4) is 0 Å². The lowest BCUT2D eigenvalue weighted by Gasteiger charge is -2.14. The molecule has 1 atom stereocenters. The monoisotopic (exact) mass is 400 g/mol. The largest absolute Gasteiger partial charge is 0.449 e. The van der Waals surface area contributed by atoms with Gasteiger partial charge in [-0.05, 0) is 31.2 Å². The van der Waals surface area contributed by atoms with Gasteiger partial charge in [0.25, 0.3) is 11.6 Å². The minimum Gasteiger partial charge on any atom is -0.449 e. The molecule has 1 N–H and O–H groups in total. The summed E-state index contributed by atoms with van der Waals surface area (Å²) in [6.07, 6.45) is -1.32. The predicted octanol–water partition coefficient (Wildman–Crippen LogP) is 4.22. The van der Waals surface area contributed by atoms with Crippen molar-refractivity contribution in [1.29, 1.82) is 0 Å². The third kappa shape index (κ3) is 4.68. The number of carbonyl (C=O) groups excluding carboxylic acids is 2. The zero-order valence-corrected chi connectivity index (χ0v) is 14.7. The maximum Gasteiger partial charge on any atom is 0.341 e. The number of carbonyl (C=O) groups is 2. The molecule has 0 radical (unpaired) electrons. The van der Waals surface area contributed by atoms with Crippen LogP contribution in [0.2, 0.25) is 10.0 Å². The van der Waals surface area contributed by atoms with Crippen LogP contribution >= 0.6 is 23.2 Å². The van der Waals surface area contributed by atoms with E-state index in [1.54, 1.807) is 0 Å². The quantitative estimate of drug-likeness (QED) is 0.460. The Bertz CT molecular complexity index is 891. The molecule has 0 aliphatic heterocycles. The Morgan fingerprint density at radius 2 is 1.92 bits per heavy atom. The summed E-state index contributed by atoms with van der Waals surface area (Å²) in [4.78, 5) is 34.2.